The molecule has 1 aromatic carbocycles. The number of nitrogens with zero attached hydrogens (tertiary/aromatic N) is 1. The van der Waals surface area contributed by atoms with Gasteiger partial charge in [0.2, 0.25) is 0 Å². The number of aryl methyl sites for hydroxylation is 1. The van der Waals surface area contributed by atoms with Gasteiger partial charge in [0.15, 0.2) is 5.82 Å². The summed E-state index contributed by atoms with van der Waals surface area (Å²) in [6, 6.07) is 1.62. The minimum absolute atomic E-state index is 0.0379. The summed E-state index contributed by atoms with van der Waals surface area (Å²) in [7, 11) is 0. The van der Waals surface area contributed by atoms with Crippen LogP contribution in [0.5, 0.6) is 0 Å². The van der Waals surface area contributed by atoms with Crippen molar-refractivity contribution in [1.82, 2.24) is 4.90 Å². The Labute approximate surface area is 107 Å². The second-order valence-electron chi connectivity index (χ2n) is 4.42. The Morgan fingerprint density at radius 2 is 2.00 bits per heavy atom. The van der Waals surface area contributed by atoms with Crippen LogP contribution in [0.2, 0.25) is 0 Å². The van der Waals surface area contributed by atoms with Crippen LogP contribution in [0.25, 0.3) is 0 Å². The average molecular weight is 270 g/mol. The van der Waals surface area contributed by atoms with Gasteiger partial charge < -0.3 is 15.3 Å². The van der Waals surface area contributed by atoms with Gasteiger partial charge in [-0.2, -0.15) is 0 Å². The van der Waals surface area contributed by atoms with Gasteiger partial charge in [-0.15, -0.1) is 0 Å². The van der Waals surface area contributed by atoms with E-state index < -0.39 is 35.2 Å². The molecule has 1 aliphatic rings. The lowest BCUT2D eigenvalue weighted by Crippen LogP contribution is -2.54. The quantitative estimate of drug-likeness (QED) is 0.861. The van der Waals surface area contributed by atoms with Gasteiger partial charge in [0, 0.05) is 13.1 Å². The van der Waals surface area contributed by atoms with Crippen molar-refractivity contribution in [3.8, 4) is 0 Å². The summed E-state index contributed by atoms with van der Waals surface area (Å²) >= 11 is 0. The summed E-state index contributed by atoms with van der Waals surface area (Å²) in [4.78, 5) is 23.4. The highest BCUT2D eigenvalue weighted by Crippen LogP contribution is 2.23. The Bertz CT molecular complexity index is 542. The number of carboxylic acids is 1. The molecule has 2 N–H and O–H groups in total. The first-order valence-electron chi connectivity index (χ1n) is 5.63. The zero-order valence-corrected chi connectivity index (χ0v) is 10.1. The summed E-state index contributed by atoms with van der Waals surface area (Å²) < 4.78 is 27.1. The number of hydrogen-bond donors (Lipinski definition) is 2. The van der Waals surface area contributed by atoms with Gasteiger partial charge in [-0.25, -0.2) is 13.6 Å². The lowest BCUT2D eigenvalue weighted by atomic mass is 10.0. The van der Waals surface area contributed by atoms with E-state index in [0.29, 0.717) is 0 Å². The molecule has 0 bridgehead atoms. The maximum Gasteiger partial charge on any atom is 0.322 e. The SMILES string of the molecule is Cc1ccc(F)c(NC(=O)N2CC(C(=O)O)C2)c1F. The van der Waals surface area contributed by atoms with Crippen molar-refractivity contribution in [2.24, 2.45) is 5.92 Å². The molecule has 0 spiro atoms. The predicted octanol–water partition coefficient (Wildman–Crippen LogP) is 1.82. The van der Waals surface area contributed by atoms with Crippen molar-refractivity contribution < 1.29 is 23.5 Å². The fourth-order valence-corrected chi connectivity index (χ4v) is 1.76. The van der Waals surface area contributed by atoms with E-state index in [9.17, 15) is 18.4 Å². The topological polar surface area (TPSA) is 69.6 Å². The summed E-state index contributed by atoms with van der Waals surface area (Å²) in [6.07, 6.45) is 0. The molecule has 0 aliphatic carbocycles. The number of carbonyl (C=O) groups is 2. The molecule has 1 aromatic rings. The number of nitrogens with one attached hydrogen (secondary N) is 1. The number of aliphatic carboxylic acids is 1. The van der Waals surface area contributed by atoms with Gasteiger partial charge in [-0.05, 0) is 18.6 Å². The van der Waals surface area contributed by atoms with Crippen LogP contribution < -0.4 is 5.32 Å². The fourth-order valence-electron chi connectivity index (χ4n) is 1.76. The normalized spacial score (nSPS) is 15.0. The zero-order valence-electron chi connectivity index (χ0n) is 10.1. The van der Waals surface area contributed by atoms with Gasteiger partial charge in [0.05, 0.1) is 5.92 Å². The number of amides is 2. The molecule has 5 nitrogen and oxygen atoms in total. The molecule has 0 unspecified atom stereocenters. The summed E-state index contributed by atoms with van der Waals surface area (Å²) in [5.74, 6) is -3.30. The minimum atomic E-state index is -0.989. The first kappa shape index (κ1) is 13.3. The zero-order chi connectivity index (χ0) is 14.2. The van der Waals surface area contributed by atoms with Crippen molar-refractivity contribution >= 4 is 17.7 Å². The number of benzene rings is 1. The van der Waals surface area contributed by atoms with Crippen molar-refractivity contribution in [3.05, 3.63) is 29.3 Å². The van der Waals surface area contributed by atoms with Crippen LogP contribution in [-0.2, 0) is 4.79 Å². The molecule has 1 heterocycles. The van der Waals surface area contributed by atoms with E-state index in [0.717, 1.165) is 6.07 Å². The Morgan fingerprint density at radius 1 is 1.37 bits per heavy atom. The van der Waals surface area contributed by atoms with Crippen LogP contribution >= 0.6 is 0 Å². The van der Waals surface area contributed by atoms with Gasteiger partial charge >= 0.3 is 12.0 Å². The molecule has 102 valence electrons. The molecule has 1 fully saturated rings. The number of urea groups is 1. The Morgan fingerprint density at radius 3 is 2.58 bits per heavy atom. The highest BCUT2D eigenvalue weighted by Gasteiger charge is 2.36. The summed E-state index contributed by atoms with van der Waals surface area (Å²) in [6.45, 7) is 1.53. The smallest absolute Gasteiger partial charge is 0.322 e. The monoisotopic (exact) mass is 270 g/mol. The molecule has 1 aliphatic heterocycles. The molecule has 7 heteroatoms. The van der Waals surface area contributed by atoms with Gasteiger partial charge in [-0.3, -0.25) is 4.79 Å². The highest BCUT2D eigenvalue weighted by atomic mass is 19.1. The van der Waals surface area contributed by atoms with Crippen molar-refractivity contribution in [2.75, 3.05) is 18.4 Å². The van der Waals surface area contributed by atoms with E-state index in [4.69, 9.17) is 5.11 Å². The second kappa shape index (κ2) is 4.83. The van der Waals surface area contributed by atoms with Crippen LogP contribution in [0, 0.1) is 24.5 Å². The first-order valence-corrected chi connectivity index (χ1v) is 5.63. The maximum absolute atomic E-state index is 13.6. The number of anilines is 1. The van der Waals surface area contributed by atoms with Gasteiger partial charge in [-0.1, -0.05) is 6.07 Å². The number of carbonyl (C=O) groups excluding carboxylic acids is 1. The van der Waals surface area contributed by atoms with Gasteiger partial charge in [0.25, 0.3) is 0 Å². The molecular formula is C12H12F2N2O3. The van der Waals surface area contributed by atoms with E-state index in [1.807, 2.05) is 0 Å². The van der Waals surface area contributed by atoms with E-state index in [1.54, 1.807) is 0 Å². The lowest BCUT2D eigenvalue weighted by Gasteiger charge is -2.36. The minimum Gasteiger partial charge on any atom is -0.481 e. The fraction of sp³-hybridized carbons (Fsp3) is 0.333. The summed E-state index contributed by atoms with van der Waals surface area (Å²) in [5.41, 5.74) is -0.299. The number of carboxylic acid groups (broad SMARTS) is 1. The first-order chi connectivity index (χ1) is 8.90. The van der Waals surface area contributed by atoms with E-state index in [1.165, 1.54) is 17.9 Å². The standard InChI is InChI=1S/C12H12F2N2O3/c1-6-2-3-8(13)10(9(6)14)15-12(19)16-4-7(5-16)11(17)18/h2-3,7H,4-5H2,1H3,(H,15,19)(H,17,18). The van der Waals surface area contributed by atoms with Crippen LogP contribution in [0.4, 0.5) is 19.3 Å². The third-order valence-corrected chi connectivity index (χ3v) is 3.03. The summed E-state index contributed by atoms with van der Waals surface area (Å²) in [5, 5.41) is 10.8. The van der Waals surface area contributed by atoms with Crippen molar-refractivity contribution in [3.63, 3.8) is 0 Å². The van der Waals surface area contributed by atoms with E-state index >= 15 is 0 Å². The van der Waals surface area contributed by atoms with Crippen LogP contribution in [-0.4, -0.2) is 35.1 Å². The maximum atomic E-state index is 13.6. The number of likely N-dealkylation sites (tertiary alicyclic amines) is 1. The molecule has 0 aromatic heterocycles. The van der Waals surface area contributed by atoms with Crippen molar-refractivity contribution in [2.45, 2.75) is 6.92 Å². The average Bonchev–Trinajstić information content (AvgIpc) is 2.27. The number of halogens is 2. The second-order valence-corrected chi connectivity index (χ2v) is 4.42. The van der Waals surface area contributed by atoms with Crippen LogP contribution in [0.3, 0.4) is 0 Å². The van der Waals surface area contributed by atoms with E-state index in [-0.39, 0.29) is 18.7 Å². The van der Waals surface area contributed by atoms with Crippen molar-refractivity contribution in [1.29, 1.82) is 0 Å². The Balaban J connectivity index is 2.05. The Hall–Kier alpha value is -2.18. The molecule has 0 radical (unpaired) electrons. The number of hydrogen-bond acceptors (Lipinski definition) is 2. The third kappa shape index (κ3) is 2.49. The van der Waals surface area contributed by atoms with Crippen LogP contribution in [0.15, 0.2) is 12.1 Å². The predicted molar refractivity (Wildman–Crippen MR) is 62.8 cm³/mol. The van der Waals surface area contributed by atoms with E-state index in [2.05, 4.69) is 5.32 Å². The molecule has 2 amide bonds. The molecule has 0 saturated carbocycles. The molecular weight excluding hydrogens is 258 g/mol. The highest BCUT2D eigenvalue weighted by molar-refractivity contribution is 5.91. The lowest BCUT2D eigenvalue weighted by molar-refractivity contribution is -0.145. The number of rotatable bonds is 2. The molecule has 1 saturated heterocycles. The largest absolute Gasteiger partial charge is 0.481 e. The van der Waals surface area contributed by atoms with Crippen LogP contribution in [0.1, 0.15) is 5.56 Å². The Kier molecular flexibility index (Phi) is 3.37. The molecule has 19 heavy (non-hydrogen) atoms. The third-order valence-electron chi connectivity index (χ3n) is 3.03. The molecule has 2 rings (SSSR count). The molecule has 0 atom stereocenters. The van der Waals surface area contributed by atoms with Gasteiger partial charge in [0.1, 0.15) is 11.5 Å².